The van der Waals surface area contributed by atoms with Crippen LogP contribution in [-0.4, -0.2) is 11.8 Å². The van der Waals surface area contributed by atoms with E-state index in [1.807, 2.05) is 62.4 Å². The molecule has 0 saturated carbocycles. The predicted octanol–water partition coefficient (Wildman–Crippen LogP) is 2.87. The van der Waals surface area contributed by atoms with Crippen molar-refractivity contribution >= 4 is 23.0 Å². The first-order valence-corrected chi connectivity index (χ1v) is 6.81. The Kier molecular flexibility index (Phi) is 3.18. The Morgan fingerprint density at radius 3 is 1.90 bits per heavy atom. The predicted molar refractivity (Wildman–Crippen MR) is 82.3 cm³/mol. The molecule has 0 bridgehead atoms. The number of hydrogen-bond donors (Lipinski definition) is 1. The van der Waals surface area contributed by atoms with E-state index in [9.17, 15) is 9.59 Å². The van der Waals surface area contributed by atoms with Crippen molar-refractivity contribution in [3.63, 3.8) is 0 Å². The minimum absolute atomic E-state index is 0.323. The molecule has 104 valence electrons. The highest BCUT2D eigenvalue weighted by Gasteiger charge is 2.33. The smallest absolute Gasteiger partial charge is 0.259 e. The van der Waals surface area contributed by atoms with E-state index >= 15 is 0 Å². The van der Waals surface area contributed by atoms with Gasteiger partial charge in [-0.1, -0.05) is 48.5 Å². The second kappa shape index (κ2) is 5.02. The van der Waals surface area contributed by atoms with Crippen molar-refractivity contribution in [3.05, 3.63) is 70.8 Å². The molecule has 0 aromatic heterocycles. The van der Waals surface area contributed by atoms with Gasteiger partial charge in [0.05, 0.1) is 11.1 Å². The van der Waals surface area contributed by atoms with Gasteiger partial charge < -0.3 is 0 Å². The van der Waals surface area contributed by atoms with E-state index in [0.717, 1.165) is 22.3 Å². The van der Waals surface area contributed by atoms with Gasteiger partial charge in [0.2, 0.25) is 0 Å². The van der Waals surface area contributed by atoms with Crippen LogP contribution in [0.15, 0.2) is 48.5 Å². The van der Waals surface area contributed by atoms with Crippen molar-refractivity contribution in [2.45, 2.75) is 13.8 Å². The molecule has 0 radical (unpaired) electrons. The lowest BCUT2D eigenvalue weighted by molar-refractivity contribution is -0.122. The number of carbonyl (C=O) groups is 2. The number of nitrogens with one attached hydrogen (secondary N) is 1. The van der Waals surface area contributed by atoms with Crippen LogP contribution in [0.4, 0.5) is 0 Å². The summed E-state index contributed by atoms with van der Waals surface area (Å²) in [6.07, 6.45) is 0. The average molecular weight is 277 g/mol. The van der Waals surface area contributed by atoms with Crippen LogP contribution >= 0.6 is 0 Å². The van der Waals surface area contributed by atoms with Gasteiger partial charge in [-0.15, -0.1) is 0 Å². The zero-order chi connectivity index (χ0) is 15.0. The molecule has 1 N–H and O–H groups in total. The molecule has 2 aromatic rings. The quantitative estimate of drug-likeness (QED) is 0.858. The van der Waals surface area contributed by atoms with Gasteiger partial charge in [-0.25, -0.2) is 0 Å². The number of hydrogen-bond acceptors (Lipinski definition) is 2. The van der Waals surface area contributed by atoms with Crippen LogP contribution < -0.4 is 5.32 Å². The molecule has 0 saturated heterocycles. The number of aryl methyl sites for hydroxylation is 2. The van der Waals surface area contributed by atoms with Gasteiger partial charge in [0.25, 0.3) is 11.8 Å². The van der Waals surface area contributed by atoms with E-state index < -0.39 is 0 Å². The normalized spacial score (nSPS) is 14.6. The maximum Gasteiger partial charge on any atom is 0.259 e. The molecule has 2 aromatic carbocycles. The Balaban J connectivity index is 2.33. The molecule has 21 heavy (non-hydrogen) atoms. The minimum atomic E-state index is -0.330. The lowest BCUT2D eigenvalue weighted by Crippen LogP contribution is -2.23. The zero-order valence-corrected chi connectivity index (χ0v) is 11.9. The monoisotopic (exact) mass is 277 g/mol. The summed E-state index contributed by atoms with van der Waals surface area (Å²) in [5, 5.41) is 2.42. The summed E-state index contributed by atoms with van der Waals surface area (Å²) in [5.41, 5.74) is 4.52. The molecule has 0 atom stereocenters. The third kappa shape index (κ3) is 2.17. The first-order chi connectivity index (χ1) is 10.1. The molecule has 3 rings (SSSR count). The summed E-state index contributed by atoms with van der Waals surface area (Å²) in [6.45, 7) is 3.90. The standard InChI is InChI=1S/C18H15NO2/c1-11-7-6-8-12(2)14(11)16-15(17(20)19-18(16)21)13-9-4-3-5-10-13/h3-10H,1-2H3,(H,19,20,21). The Morgan fingerprint density at radius 1 is 0.714 bits per heavy atom. The maximum atomic E-state index is 12.3. The van der Waals surface area contributed by atoms with Crippen LogP contribution in [0.1, 0.15) is 22.3 Å². The van der Waals surface area contributed by atoms with Crippen LogP contribution in [-0.2, 0) is 9.59 Å². The first-order valence-electron chi connectivity index (χ1n) is 6.81. The Morgan fingerprint density at radius 2 is 1.29 bits per heavy atom. The van der Waals surface area contributed by atoms with Gasteiger partial charge in [-0.05, 0) is 36.1 Å². The summed E-state index contributed by atoms with van der Waals surface area (Å²) in [7, 11) is 0. The second-order valence-electron chi connectivity index (χ2n) is 5.17. The van der Waals surface area contributed by atoms with Crippen molar-refractivity contribution in [1.29, 1.82) is 0 Å². The highest BCUT2D eigenvalue weighted by atomic mass is 16.2. The molecule has 3 nitrogen and oxygen atoms in total. The highest BCUT2D eigenvalue weighted by Crippen LogP contribution is 2.34. The molecule has 0 fully saturated rings. The fourth-order valence-corrected chi connectivity index (χ4v) is 2.78. The van der Waals surface area contributed by atoms with Gasteiger partial charge in [-0.3, -0.25) is 14.9 Å². The van der Waals surface area contributed by atoms with E-state index in [4.69, 9.17) is 0 Å². The number of imide groups is 1. The Labute approximate surface area is 123 Å². The van der Waals surface area contributed by atoms with Gasteiger partial charge in [0, 0.05) is 0 Å². The molecule has 1 aliphatic rings. The van der Waals surface area contributed by atoms with E-state index in [0.29, 0.717) is 11.1 Å². The molecule has 1 aliphatic heterocycles. The SMILES string of the molecule is Cc1cccc(C)c1C1=C(c2ccccc2)C(=O)NC1=O. The van der Waals surface area contributed by atoms with E-state index in [1.165, 1.54) is 0 Å². The Hall–Kier alpha value is -2.68. The molecule has 1 heterocycles. The Bertz CT molecular complexity index is 753. The summed E-state index contributed by atoms with van der Waals surface area (Å²) in [5.74, 6) is -0.653. The summed E-state index contributed by atoms with van der Waals surface area (Å²) >= 11 is 0. The number of rotatable bonds is 2. The van der Waals surface area contributed by atoms with Crippen LogP contribution in [0.5, 0.6) is 0 Å². The van der Waals surface area contributed by atoms with Crippen LogP contribution in [0, 0.1) is 13.8 Å². The van der Waals surface area contributed by atoms with Gasteiger partial charge in [0.1, 0.15) is 0 Å². The lowest BCUT2D eigenvalue weighted by Gasteiger charge is -2.11. The van der Waals surface area contributed by atoms with Crippen molar-refractivity contribution in [2.24, 2.45) is 0 Å². The molecule has 2 amide bonds. The first kappa shape index (κ1) is 13.3. The lowest BCUT2D eigenvalue weighted by atomic mass is 9.90. The van der Waals surface area contributed by atoms with Crippen LogP contribution in [0.2, 0.25) is 0 Å². The molecular weight excluding hydrogens is 262 g/mol. The summed E-state index contributed by atoms with van der Waals surface area (Å²) in [6, 6.07) is 15.2. The maximum absolute atomic E-state index is 12.3. The van der Waals surface area contributed by atoms with Crippen molar-refractivity contribution in [2.75, 3.05) is 0 Å². The summed E-state index contributed by atoms with van der Waals surface area (Å²) < 4.78 is 0. The minimum Gasteiger partial charge on any atom is -0.288 e. The molecular formula is C18H15NO2. The average Bonchev–Trinajstić information content (AvgIpc) is 2.75. The second-order valence-corrected chi connectivity index (χ2v) is 5.17. The number of amides is 2. The van der Waals surface area contributed by atoms with Gasteiger partial charge >= 0.3 is 0 Å². The third-order valence-corrected chi connectivity index (χ3v) is 3.72. The zero-order valence-electron chi connectivity index (χ0n) is 11.9. The number of benzene rings is 2. The van der Waals surface area contributed by atoms with Crippen LogP contribution in [0.3, 0.4) is 0 Å². The molecule has 0 aliphatic carbocycles. The largest absolute Gasteiger partial charge is 0.288 e. The third-order valence-electron chi connectivity index (χ3n) is 3.72. The van der Waals surface area contributed by atoms with Gasteiger partial charge in [-0.2, -0.15) is 0 Å². The topological polar surface area (TPSA) is 46.2 Å². The molecule has 3 heteroatoms. The van der Waals surface area contributed by atoms with Crippen molar-refractivity contribution < 1.29 is 9.59 Å². The van der Waals surface area contributed by atoms with E-state index in [2.05, 4.69) is 5.32 Å². The molecule has 0 spiro atoms. The fraction of sp³-hybridized carbons (Fsp3) is 0.111. The fourth-order valence-electron chi connectivity index (χ4n) is 2.78. The number of carbonyl (C=O) groups excluding carboxylic acids is 2. The van der Waals surface area contributed by atoms with E-state index in [-0.39, 0.29) is 11.8 Å². The van der Waals surface area contributed by atoms with Gasteiger partial charge in [0.15, 0.2) is 0 Å². The summed E-state index contributed by atoms with van der Waals surface area (Å²) in [4.78, 5) is 24.5. The highest BCUT2D eigenvalue weighted by molar-refractivity contribution is 6.49. The van der Waals surface area contributed by atoms with Crippen LogP contribution in [0.25, 0.3) is 11.1 Å². The van der Waals surface area contributed by atoms with E-state index in [1.54, 1.807) is 0 Å². The van der Waals surface area contributed by atoms with Crippen molar-refractivity contribution in [3.8, 4) is 0 Å². The van der Waals surface area contributed by atoms with Crippen molar-refractivity contribution in [1.82, 2.24) is 5.32 Å². The molecule has 0 unspecified atom stereocenters.